The predicted molar refractivity (Wildman–Crippen MR) is 114 cm³/mol. The van der Waals surface area contributed by atoms with Crippen LogP contribution in [0.4, 0.5) is 5.69 Å². The number of aryl methyl sites for hydroxylation is 2. The van der Waals surface area contributed by atoms with E-state index in [2.05, 4.69) is 14.9 Å². The molecule has 3 aromatic rings. The van der Waals surface area contributed by atoms with Gasteiger partial charge < -0.3 is 9.32 Å². The number of rotatable bonds is 5. The Balaban J connectivity index is 1.56. The largest absolute Gasteiger partial charge is 0.411 e. The zero-order valence-electron chi connectivity index (χ0n) is 16.7. The summed E-state index contributed by atoms with van der Waals surface area (Å²) in [6.07, 6.45) is 3.04. The van der Waals surface area contributed by atoms with Gasteiger partial charge in [0.15, 0.2) is 0 Å². The van der Waals surface area contributed by atoms with Crippen LogP contribution in [-0.2, 0) is 10.0 Å². The van der Waals surface area contributed by atoms with E-state index in [-0.39, 0.29) is 22.6 Å². The second-order valence-electron chi connectivity index (χ2n) is 7.27. The monoisotopic (exact) mass is 446 g/mol. The lowest BCUT2D eigenvalue weighted by Gasteiger charge is -2.24. The molecule has 0 radical (unpaired) electrons. The summed E-state index contributed by atoms with van der Waals surface area (Å²) < 4.78 is 33.8. The average Bonchev–Trinajstić information content (AvgIpc) is 3.37. The highest BCUT2D eigenvalue weighted by Crippen LogP contribution is 2.34. The van der Waals surface area contributed by atoms with E-state index >= 15 is 0 Å². The fraction of sp³-hybridized carbons (Fsp3) is 0.350. The third-order valence-electron chi connectivity index (χ3n) is 4.93. The first kappa shape index (κ1) is 20.5. The molecule has 4 rings (SSSR count). The molecule has 8 nitrogen and oxygen atoms in total. The van der Waals surface area contributed by atoms with Gasteiger partial charge >= 0.3 is 11.8 Å². The van der Waals surface area contributed by atoms with Gasteiger partial charge in [0, 0.05) is 23.7 Å². The van der Waals surface area contributed by atoms with Gasteiger partial charge in [-0.15, -0.1) is 21.5 Å². The number of likely N-dealkylation sites (tertiary alicyclic amines) is 1. The molecule has 0 bridgehead atoms. The molecule has 1 aromatic carbocycles. The topological polar surface area (TPSA) is 105 Å². The van der Waals surface area contributed by atoms with Gasteiger partial charge in [-0.2, -0.15) is 0 Å². The van der Waals surface area contributed by atoms with Crippen LogP contribution < -0.4 is 4.72 Å². The molecule has 30 heavy (non-hydrogen) atoms. The minimum absolute atomic E-state index is 0.0693. The van der Waals surface area contributed by atoms with Crippen LogP contribution in [0.3, 0.4) is 0 Å². The molecule has 1 N–H and O–H groups in total. The molecular weight excluding hydrogens is 424 g/mol. The van der Waals surface area contributed by atoms with Crippen LogP contribution in [0.5, 0.6) is 0 Å². The van der Waals surface area contributed by atoms with Crippen LogP contribution >= 0.6 is 11.3 Å². The third kappa shape index (κ3) is 4.24. The van der Waals surface area contributed by atoms with Gasteiger partial charge in [-0.05, 0) is 51.3 Å². The van der Waals surface area contributed by atoms with Gasteiger partial charge in [-0.1, -0.05) is 17.7 Å². The van der Waals surface area contributed by atoms with Gasteiger partial charge in [0.2, 0.25) is 0 Å². The lowest BCUT2D eigenvalue weighted by molar-refractivity contribution is 0.0684. The van der Waals surface area contributed by atoms with Crippen molar-refractivity contribution in [1.29, 1.82) is 0 Å². The Morgan fingerprint density at radius 2 is 1.80 bits per heavy atom. The van der Waals surface area contributed by atoms with Crippen molar-refractivity contribution in [1.82, 2.24) is 15.1 Å². The standard InChI is InChI=1S/C20H22N4O4S2/c1-13-6-8-15(9-7-13)23-30(26,27)17-12-16(29-14(17)2)18-21-22-19(28-18)20(25)24-10-4-3-5-11-24/h6-9,12,23H,3-5,10-11H2,1-2H3. The number of anilines is 1. The number of nitrogens with zero attached hydrogens (tertiary/aromatic N) is 3. The van der Waals surface area contributed by atoms with Crippen molar-refractivity contribution in [3.05, 3.63) is 46.7 Å². The SMILES string of the molecule is Cc1ccc(NS(=O)(=O)c2cc(-c3nnc(C(=O)N4CCCCC4)o3)sc2C)cc1. The van der Waals surface area contributed by atoms with E-state index in [1.165, 1.54) is 17.4 Å². The van der Waals surface area contributed by atoms with Crippen LogP contribution in [0, 0.1) is 13.8 Å². The first-order valence-electron chi connectivity index (χ1n) is 9.66. The number of amides is 1. The number of thiophene rings is 1. The number of hydrogen-bond acceptors (Lipinski definition) is 7. The molecule has 0 spiro atoms. The Kier molecular flexibility index (Phi) is 5.61. The number of aromatic nitrogens is 2. The zero-order chi connectivity index (χ0) is 21.3. The lowest BCUT2D eigenvalue weighted by atomic mass is 10.1. The molecule has 1 fully saturated rings. The summed E-state index contributed by atoms with van der Waals surface area (Å²) in [6.45, 7) is 5.01. The first-order chi connectivity index (χ1) is 14.3. The summed E-state index contributed by atoms with van der Waals surface area (Å²) in [4.78, 5) is 15.5. The highest BCUT2D eigenvalue weighted by Gasteiger charge is 2.26. The fourth-order valence-corrected chi connectivity index (χ4v) is 5.88. The maximum absolute atomic E-state index is 12.8. The first-order valence-corrected chi connectivity index (χ1v) is 12.0. The van der Waals surface area contributed by atoms with Gasteiger partial charge in [-0.25, -0.2) is 8.42 Å². The zero-order valence-corrected chi connectivity index (χ0v) is 18.3. The van der Waals surface area contributed by atoms with Crippen molar-refractivity contribution >= 4 is 33.0 Å². The van der Waals surface area contributed by atoms with Crippen molar-refractivity contribution in [3.63, 3.8) is 0 Å². The summed E-state index contributed by atoms with van der Waals surface area (Å²) >= 11 is 1.23. The summed E-state index contributed by atoms with van der Waals surface area (Å²) in [5.74, 6) is -0.212. The smallest absolute Gasteiger partial charge is 0.311 e. The molecule has 1 aliphatic heterocycles. The molecule has 1 amide bonds. The Bertz CT molecular complexity index is 1160. The van der Waals surface area contributed by atoms with Gasteiger partial charge in [0.05, 0.1) is 4.88 Å². The van der Waals surface area contributed by atoms with Gasteiger partial charge in [0.1, 0.15) is 4.90 Å². The van der Waals surface area contributed by atoms with E-state index in [4.69, 9.17) is 4.42 Å². The molecule has 0 saturated carbocycles. The highest BCUT2D eigenvalue weighted by molar-refractivity contribution is 7.93. The van der Waals surface area contributed by atoms with Crippen molar-refractivity contribution in [2.24, 2.45) is 0 Å². The molecule has 158 valence electrons. The number of carbonyl (C=O) groups is 1. The van der Waals surface area contributed by atoms with Gasteiger partial charge in [-0.3, -0.25) is 9.52 Å². The Morgan fingerprint density at radius 3 is 2.50 bits per heavy atom. The maximum Gasteiger partial charge on any atom is 0.311 e. The molecule has 1 aliphatic rings. The molecule has 10 heteroatoms. The summed E-state index contributed by atoms with van der Waals surface area (Å²) in [6, 6.07) is 8.60. The average molecular weight is 447 g/mol. The van der Waals surface area contributed by atoms with Crippen molar-refractivity contribution in [2.75, 3.05) is 17.8 Å². The van der Waals surface area contributed by atoms with Crippen LogP contribution in [0.15, 0.2) is 39.6 Å². The predicted octanol–water partition coefficient (Wildman–Crippen LogP) is 3.84. The fourth-order valence-electron chi connectivity index (χ4n) is 3.31. The van der Waals surface area contributed by atoms with Crippen LogP contribution in [-0.4, -0.2) is 42.5 Å². The molecule has 2 aromatic heterocycles. The van der Waals surface area contributed by atoms with E-state index in [1.54, 1.807) is 24.0 Å². The molecule has 0 atom stereocenters. The lowest BCUT2D eigenvalue weighted by Crippen LogP contribution is -2.35. The number of carbonyl (C=O) groups excluding carboxylic acids is 1. The van der Waals surface area contributed by atoms with Crippen LogP contribution in [0.2, 0.25) is 0 Å². The van der Waals surface area contributed by atoms with E-state index in [9.17, 15) is 13.2 Å². The molecular formula is C20H22N4O4S2. The van der Waals surface area contributed by atoms with Crippen LogP contribution in [0.1, 0.15) is 40.4 Å². The maximum atomic E-state index is 12.8. The van der Waals surface area contributed by atoms with Crippen molar-refractivity contribution < 1.29 is 17.6 Å². The van der Waals surface area contributed by atoms with E-state index in [1.807, 2.05) is 19.1 Å². The summed E-state index contributed by atoms with van der Waals surface area (Å²) in [5.41, 5.74) is 1.53. The number of sulfonamides is 1. The van der Waals surface area contributed by atoms with E-state index in [0.29, 0.717) is 28.5 Å². The molecule has 1 saturated heterocycles. The number of piperidine rings is 1. The minimum Gasteiger partial charge on any atom is -0.411 e. The van der Waals surface area contributed by atoms with Gasteiger partial charge in [0.25, 0.3) is 15.9 Å². The summed E-state index contributed by atoms with van der Waals surface area (Å²) in [5, 5.41) is 7.84. The highest BCUT2D eigenvalue weighted by atomic mass is 32.2. The number of nitrogens with one attached hydrogen (secondary N) is 1. The molecule has 0 unspecified atom stereocenters. The molecule has 0 aliphatic carbocycles. The second kappa shape index (κ2) is 8.19. The second-order valence-corrected chi connectivity index (χ2v) is 10.2. The summed E-state index contributed by atoms with van der Waals surface area (Å²) in [7, 11) is -3.78. The minimum atomic E-state index is -3.78. The third-order valence-corrected chi connectivity index (χ3v) is 7.60. The van der Waals surface area contributed by atoms with E-state index < -0.39 is 10.0 Å². The van der Waals surface area contributed by atoms with E-state index in [0.717, 1.165) is 24.8 Å². The van der Waals surface area contributed by atoms with Crippen LogP contribution in [0.25, 0.3) is 10.8 Å². The molecule has 3 heterocycles. The Labute approximate surface area is 179 Å². The number of benzene rings is 1. The van der Waals surface area contributed by atoms with Crippen molar-refractivity contribution in [2.45, 2.75) is 38.0 Å². The normalized spacial score (nSPS) is 14.7. The Morgan fingerprint density at radius 1 is 1.10 bits per heavy atom. The quantitative estimate of drug-likeness (QED) is 0.638. The van der Waals surface area contributed by atoms with Crippen molar-refractivity contribution in [3.8, 4) is 10.8 Å². The number of hydrogen-bond donors (Lipinski definition) is 1. The Hall–Kier alpha value is -2.72.